The summed E-state index contributed by atoms with van der Waals surface area (Å²) in [6.45, 7) is 16.2. The maximum absolute atomic E-state index is 11.8. The first kappa shape index (κ1) is 32.4. The molecule has 0 spiro atoms. The van der Waals surface area contributed by atoms with Crippen LogP contribution >= 0.6 is 0 Å². The first-order chi connectivity index (χ1) is 17.1. The van der Waals surface area contributed by atoms with Crippen LogP contribution in [-0.4, -0.2) is 99.4 Å². The summed E-state index contributed by atoms with van der Waals surface area (Å²) < 4.78 is 38.1. The average Bonchev–Trinajstić information content (AvgIpc) is 2.84. The van der Waals surface area contributed by atoms with Gasteiger partial charge in [-0.1, -0.05) is 51.1 Å². The van der Waals surface area contributed by atoms with Crippen LogP contribution in [-0.2, 0) is 37.6 Å². The van der Waals surface area contributed by atoms with E-state index in [1.165, 1.54) is 0 Å². The van der Waals surface area contributed by atoms with Gasteiger partial charge < -0.3 is 32.8 Å². The number of ketones is 1. The summed E-state index contributed by atoms with van der Waals surface area (Å²) in [5, 5.41) is 0.208. The van der Waals surface area contributed by atoms with Crippen molar-refractivity contribution in [1.82, 2.24) is 0 Å². The molecule has 0 atom stereocenters. The summed E-state index contributed by atoms with van der Waals surface area (Å²) in [6, 6.07) is 8.28. The van der Waals surface area contributed by atoms with Crippen LogP contribution in [0.25, 0.3) is 0 Å². The van der Waals surface area contributed by atoms with Gasteiger partial charge in [-0.3, -0.25) is 4.79 Å². The van der Waals surface area contributed by atoms with Crippen LogP contribution in [0.2, 0.25) is 18.1 Å². The maximum atomic E-state index is 11.8. The highest BCUT2D eigenvalue weighted by molar-refractivity contribution is 6.74. The Morgan fingerprint density at radius 2 is 1.03 bits per heavy atom. The second-order valence-corrected chi connectivity index (χ2v) is 14.3. The summed E-state index contributed by atoms with van der Waals surface area (Å²) in [5.74, 6) is -1.55. The first-order valence-corrected chi connectivity index (χ1v) is 15.3. The SMILES string of the molecule is CC(C)(C)[Si](C)(C)OCCOCCOCCOCCOCCOCCOC(=O)C(=O)c1ccccc1. The number of carbonyl (C=O) groups excluding carboxylic acids is 2. The van der Waals surface area contributed by atoms with Crippen molar-refractivity contribution in [2.45, 2.75) is 38.9 Å². The molecule has 0 fully saturated rings. The Labute approximate surface area is 216 Å². The minimum Gasteiger partial charge on any atom is -0.457 e. The average molecular weight is 529 g/mol. The molecule has 0 unspecified atom stereocenters. The van der Waals surface area contributed by atoms with Crippen LogP contribution in [0.5, 0.6) is 0 Å². The monoisotopic (exact) mass is 528 g/mol. The smallest absolute Gasteiger partial charge is 0.379 e. The molecular formula is C26H44O9Si. The third-order valence-corrected chi connectivity index (χ3v) is 10.2. The van der Waals surface area contributed by atoms with Crippen molar-refractivity contribution in [3.05, 3.63) is 35.9 Å². The molecule has 1 aromatic rings. The molecule has 0 aromatic heterocycles. The van der Waals surface area contributed by atoms with Crippen LogP contribution in [0.15, 0.2) is 30.3 Å². The van der Waals surface area contributed by atoms with Gasteiger partial charge in [-0.15, -0.1) is 0 Å². The number of ether oxygens (including phenoxy) is 6. The van der Waals surface area contributed by atoms with Gasteiger partial charge in [0.2, 0.25) is 0 Å². The number of rotatable bonds is 21. The predicted molar refractivity (Wildman–Crippen MR) is 139 cm³/mol. The molecule has 9 nitrogen and oxygen atoms in total. The fourth-order valence-corrected chi connectivity index (χ4v) is 3.55. The van der Waals surface area contributed by atoms with Gasteiger partial charge in [-0.05, 0) is 18.1 Å². The van der Waals surface area contributed by atoms with Crippen LogP contribution in [0.3, 0.4) is 0 Å². The van der Waals surface area contributed by atoms with Crippen molar-refractivity contribution in [3.63, 3.8) is 0 Å². The number of carbonyl (C=O) groups is 2. The Hall–Kier alpha value is -1.66. The van der Waals surface area contributed by atoms with Crippen LogP contribution in [0.4, 0.5) is 0 Å². The Morgan fingerprint density at radius 1 is 0.639 bits per heavy atom. The standard InChI is InChI=1S/C26H44O9Si/c1-26(2,3)36(4,5)35-22-20-33-18-16-31-14-12-29-11-13-30-15-17-32-19-21-34-25(28)24(27)23-9-7-6-8-10-23/h6-10H,11-22H2,1-5H3. The van der Waals surface area contributed by atoms with Gasteiger partial charge in [-0.2, -0.15) is 0 Å². The highest BCUT2D eigenvalue weighted by Gasteiger charge is 2.36. The van der Waals surface area contributed by atoms with E-state index in [-0.39, 0.29) is 18.3 Å². The number of benzene rings is 1. The second kappa shape index (κ2) is 18.6. The number of esters is 1. The Bertz CT molecular complexity index is 720. The molecule has 0 saturated heterocycles. The van der Waals surface area contributed by atoms with Gasteiger partial charge in [0.1, 0.15) is 6.61 Å². The lowest BCUT2D eigenvalue weighted by Gasteiger charge is -2.36. The molecule has 0 radical (unpaired) electrons. The molecule has 0 aliphatic carbocycles. The van der Waals surface area contributed by atoms with E-state index in [1.807, 2.05) is 0 Å². The van der Waals surface area contributed by atoms with Gasteiger partial charge in [0.15, 0.2) is 8.32 Å². The Kier molecular flexibility index (Phi) is 16.7. The van der Waals surface area contributed by atoms with Crippen LogP contribution in [0, 0.1) is 0 Å². The number of hydrogen-bond acceptors (Lipinski definition) is 9. The lowest BCUT2D eigenvalue weighted by Crippen LogP contribution is -2.41. The van der Waals surface area contributed by atoms with Gasteiger partial charge in [0, 0.05) is 5.56 Å². The largest absolute Gasteiger partial charge is 0.457 e. The van der Waals surface area contributed by atoms with Gasteiger partial charge in [0.05, 0.1) is 72.7 Å². The molecule has 0 aliphatic heterocycles. The third-order valence-electron chi connectivity index (χ3n) is 5.67. The summed E-state index contributed by atoms with van der Waals surface area (Å²) in [5.41, 5.74) is 0.304. The third kappa shape index (κ3) is 14.8. The molecule has 1 aromatic carbocycles. The van der Waals surface area contributed by atoms with Crippen molar-refractivity contribution in [3.8, 4) is 0 Å². The molecule has 0 aliphatic rings. The fourth-order valence-electron chi connectivity index (χ4n) is 2.52. The summed E-state index contributed by atoms with van der Waals surface area (Å²) in [4.78, 5) is 23.5. The van der Waals surface area contributed by atoms with E-state index in [4.69, 9.17) is 32.8 Å². The number of hydrogen-bond donors (Lipinski definition) is 0. The molecule has 0 heterocycles. The first-order valence-electron chi connectivity index (χ1n) is 12.4. The summed E-state index contributed by atoms with van der Waals surface area (Å²) >= 11 is 0. The zero-order chi connectivity index (χ0) is 26.7. The highest BCUT2D eigenvalue weighted by Crippen LogP contribution is 2.36. The lowest BCUT2D eigenvalue weighted by molar-refractivity contribution is -0.139. The second-order valence-electron chi connectivity index (χ2n) is 9.50. The predicted octanol–water partition coefficient (Wildman–Crippen LogP) is 3.52. The van der Waals surface area contributed by atoms with E-state index in [1.54, 1.807) is 30.3 Å². The van der Waals surface area contributed by atoms with Crippen molar-refractivity contribution >= 4 is 20.1 Å². The summed E-state index contributed by atoms with van der Waals surface area (Å²) in [6.07, 6.45) is 0. The highest BCUT2D eigenvalue weighted by atomic mass is 28.4. The van der Waals surface area contributed by atoms with E-state index < -0.39 is 20.1 Å². The van der Waals surface area contributed by atoms with E-state index in [0.717, 1.165) is 0 Å². The van der Waals surface area contributed by atoms with Gasteiger partial charge in [0.25, 0.3) is 5.78 Å². The van der Waals surface area contributed by atoms with Crippen molar-refractivity contribution in [1.29, 1.82) is 0 Å². The van der Waals surface area contributed by atoms with Crippen LogP contribution in [0.1, 0.15) is 31.1 Å². The molecule has 1 rings (SSSR count). The molecule has 206 valence electrons. The lowest BCUT2D eigenvalue weighted by atomic mass is 10.1. The Morgan fingerprint density at radius 3 is 1.44 bits per heavy atom. The molecule has 0 amide bonds. The van der Waals surface area contributed by atoms with E-state index in [2.05, 4.69) is 33.9 Å². The van der Waals surface area contributed by atoms with Gasteiger partial charge in [-0.25, -0.2) is 4.79 Å². The molecule has 0 bridgehead atoms. The topological polar surface area (TPSA) is 98.8 Å². The Balaban J connectivity index is 1.80. The van der Waals surface area contributed by atoms with Gasteiger partial charge >= 0.3 is 5.97 Å². The fraction of sp³-hybridized carbons (Fsp3) is 0.692. The molecule has 10 heteroatoms. The number of Topliss-reactive ketones (excluding diaryl/α,β-unsaturated/α-hetero) is 1. The van der Waals surface area contributed by atoms with Crippen molar-refractivity contribution in [2.24, 2.45) is 0 Å². The van der Waals surface area contributed by atoms with E-state index in [0.29, 0.717) is 71.6 Å². The minimum atomic E-state index is -1.70. The normalized spacial score (nSPS) is 12.0. The van der Waals surface area contributed by atoms with Crippen LogP contribution < -0.4 is 0 Å². The van der Waals surface area contributed by atoms with Crippen molar-refractivity contribution < 1.29 is 42.4 Å². The maximum Gasteiger partial charge on any atom is 0.379 e. The minimum absolute atomic E-state index is 0.0102. The van der Waals surface area contributed by atoms with E-state index >= 15 is 0 Å². The van der Waals surface area contributed by atoms with Crippen molar-refractivity contribution in [2.75, 3.05) is 79.3 Å². The molecule has 0 saturated carbocycles. The summed E-state index contributed by atoms with van der Waals surface area (Å²) in [7, 11) is -1.70. The molecule has 0 N–H and O–H groups in total. The zero-order valence-electron chi connectivity index (χ0n) is 22.5. The molecule has 36 heavy (non-hydrogen) atoms. The zero-order valence-corrected chi connectivity index (χ0v) is 23.5. The molecular weight excluding hydrogens is 484 g/mol. The van der Waals surface area contributed by atoms with E-state index in [9.17, 15) is 9.59 Å². The quantitative estimate of drug-likeness (QED) is 0.0780.